The van der Waals surface area contributed by atoms with Crippen molar-refractivity contribution in [3.63, 3.8) is 0 Å². The number of anilines is 3. The van der Waals surface area contributed by atoms with Crippen LogP contribution in [0.25, 0.3) is 22.3 Å². The Morgan fingerprint density at radius 3 is 1.62 bits per heavy atom. The Morgan fingerprint density at radius 1 is 0.475 bits per heavy atom. The maximum absolute atomic E-state index is 2.49. The minimum atomic E-state index is -0.322. The molecule has 0 unspecified atom stereocenters. The van der Waals surface area contributed by atoms with Crippen LogP contribution in [-0.4, -0.2) is 25.8 Å². The van der Waals surface area contributed by atoms with Gasteiger partial charge in [-0.25, -0.2) is 0 Å². The molecule has 40 heavy (non-hydrogen) atoms. The first-order valence-corrected chi connectivity index (χ1v) is 16.4. The van der Waals surface area contributed by atoms with Crippen molar-refractivity contribution in [2.24, 2.45) is 0 Å². The molecule has 9 rings (SSSR count). The molecule has 0 fully saturated rings. The van der Waals surface area contributed by atoms with E-state index in [1.165, 1.54) is 74.5 Å². The summed E-state index contributed by atoms with van der Waals surface area (Å²) in [6.07, 6.45) is 0. The average Bonchev–Trinajstić information content (AvgIpc) is 3.46. The third-order valence-electron chi connectivity index (χ3n) is 8.76. The monoisotopic (exact) mass is 720 g/mol. The predicted octanol–water partition coefficient (Wildman–Crippen LogP) is 8.76. The summed E-state index contributed by atoms with van der Waals surface area (Å²) in [6, 6.07) is 50.1. The van der Waals surface area contributed by atoms with Gasteiger partial charge >= 0.3 is 256 Å². The topological polar surface area (TPSA) is 3.24 Å². The average molecular weight is 720 g/mol. The van der Waals surface area contributed by atoms with Crippen LogP contribution in [0.1, 0.15) is 22.3 Å². The van der Waals surface area contributed by atoms with Crippen LogP contribution in [0.2, 0.25) is 0 Å². The van der Waals surface area contributed by atoms with Gasteiger partial charge in [0.15, 0.2) is 0 Å². The fourth-order valence-corrected chi connectivity index (χ4v) is 9.19. The molecule has 0 saturated carbocycles. The summed E-state index contributed by atoms with van der Waals surface area (Å²) >= 11 is 2.89. The Bertz CT molecular complexity index is 1930. The first-order valence-electron chi connectivity index (χ1n) is 13.6. The van der Waals surface area contributed by atoms with Crippen molar-refractivity contribution in [2.45, 2.75) is 15.2 Å². The molecule has 0 saturated heterocycles. The Morgan fingerprint density at radius 2 is 0.975 bits per heavy atom. The van der Waals surface area contributed by atoms with E-state index in [-0.39, 0.29) is 5.41 Å². The summed E-state index contributed by atoms with van der Waals surface area (Å²) in [5.74, 6) is 0. The second kappa shape index (κ2) is 8.45. The number of nitrogens with zero attached hydrogens (tertiary/aromatic N) is 1. The second-order valence-corrected chi connectivity index (χ2v) is 14.0. The number of benzene rings is 6. The van der Waals surface area contributed by atoms with Gasteiger partial charge in [-0.05, 0) is 0 Å². The standard InChI is InChI=1S/C37H22NS.Pb/c1-4-14-29-25(11-1)26-12-2-5-15-30(26)37(29)31-16-6-3-13-27(31)28-22-21-24(23-32(28)37)38-33-17-7-9-19-35(33)39-36-20-10-8-18-34(36)38;/h1-5,7-23H;. The number of fused-ring (bicyclic) bond motifs is 12. The first kappa shape index (κ1) is 23.1. The summed E-state index contributed by atoms with van der Waals surface area (Å²) in [4.78, 5) is 5.04. The van der Waals surface area contributed by atoms with Crippen LogP contribution in [0.15, 0.2) is 143 Å². The van der Waals surface area contributed by atoms with Crippen LogP contribution in [0, 0.1) is 0 Å². The van der Waals surface area contributed by atoms with Crippen molar-refractivity contribution < 1.29 is 0 Å². The molecule has 0 N–H and O–H groups in total. The van der Waals surface area contributed by atoms with E-state index in [1.54, 1.807) is 0 Å². The van der Waals surface area contributed by atoms with E-state index in [2.05, 4.69) is 138 Å². The summed E-state index contributed by atoms with van der Waals surface area (Å²) in [6.45, 7) is 0. The maximum atomic E-state index is 2.49. The first-order chi connectivity index (χ1) is 19.7. The van der Waals surface area contributed by atoms with Gasteiger partial charge in [-0.1, -0.05) is 0 Å². The summed E-state index contributed by atoms with van der Waals surface area (Å²) in [7, 11) is 0. The van der Waals surface area contributed by atoms with Crippen LogP contribution in [0.3, 0.4) is 0 Å². The number of hydrogen-bond donors (Lipinski definition) is 0. The van der Waals surface area contributed by atoms with Gasteiger partial charge in [0.05, 0.1) is 0 Å². The quantitative estimate of drug-likeness (QED) is 0.156. The van der Waals surface area contributed by atoms with Crippen LogP contribution >= 0.6 is 11.8 Å². The molecule has 1 heterocycles. The van der Waals surface area contributed by atoms with Gasteiger partial charge in [0, 0.05) is 0 Å². The number of para-hydroxylation sites is 2. The molecule has 0 amide bonds. The molecule has 3 heteroatoms. The van der Waals surface area contributed by atoms with Gasteiger partial charge in [0.2, 0.25) is 0 Å². The third kappa shape index (κ3) is 2.93. The Kier molecular flexibility index (Phi) is 4.89. The minimum absolute atomic E-state index is 0.322. The third-order valence-corrected chi connectivity index (χ3v) is 11.1. The van der Waals surface area contributed by atoms with Crippen molar-refractivity contribution in [1.82, 2.24) is 0 Å². The van der Waals surface area contributed by atoms with E-state index in [0.29, 0.717) is 0 Å². The van der Waals surface area contributed by atoms with Crippen LogP contribution in [0.4, 0.5) is 17.1 Å². The molecule has 1 spiro atoms. The normalized spacial score (nSPS) is 14.7. The molecule has 0 atom stereocenters. The molecule has 3 radical (unpaired) electrons. The molecule has 6 aromatic carbocycles. The fourth-order valence-electron chi connectivity index (χ4n) is 7.25. The van der Waals surface area contributed by atoms with E-state index in [4.69, 9.17) is 0 Å². The summed E-state index contributed by atoms with van der Waals surface area (Å²) in [5, 5.41) is 0. The van der Waals surface area contributed by atoms with Crippen LogP contribution in [0.5, 0.6) is 0 Å². The van der Waals surface area contributed by atoms with Crippen molar-refractivity contribution in [3.05, 3.63) is 156 Å². The zero-order valence-corrected chi connectivity index (χ0v) is 26.3. The van der Waals surface area contributed by atoms with E-state index >= 15 is 0 Å². The molecule has 1 aliphatic heterocycles. The molecule has 1 nitrogen and oxygen atoms in total. The van der Waals surface area contributed by atoms with Crippen molar-refractivity contribution >= 4 is 57.7 Å². The number of hydrogen-bond acceptors (Lipinski definition) is 2. The van der Waals surface area contributed by atoms with Crippen molar-refractivity contribution in [2.75, 3.05) is 4.90 Å². The molecule has 2 aliphatic carbocycles. The van der Waals surface area contributed by atoms with Gasteiger partial charge < -0.3 is 0 Å². The van der Waals surface area contributed by atoms with E-state index < -0.39 is 0 Å². The molecular formula is C37H22NPbS. The van der Waals surface area contributed by atoms with Crippen LogP contribution < -0.4 is 8.02 Å². The zero-order chi connectivity index (χ0) is 26.4. The van der Waals surface area contributed by atoms with Gasteiger partial charge in [-0.2, -0.15) is 0 Å². The molecule has 6 aromatic rings. The SMILES string of the molecule is [Pb][c]1ccc2c(c1)C1(c3ccccc3-c3ccccc31)c1cc(N3c4ccccc4Sc4ccccc43)ccc1-2. The Labute approximate surface area is 254 Å². The van der Waals surface area contributed by atoms with E-state index in [1.807, 2.05) is 11.8 Å². The van der Waals surface area contributed by atoms with Gasteiger partial charge in [-0.15, -0.1) is 0 Å². The Balaban J connectivity index is 1.38. The predicted molar refractivity (Wildman–Crippen MR) is 167 cm³/mol. The van der Waals surface area contributed by atoms with Gasteiger partial charge in [-0.3, -0.25) is 0 Å². The van der Waals surface area contributed by atoms with Crippen molar-refractivity contribution in [1.29, 1.82) is 0 Å². The molecular weight excluding hydrogens is 698 g/mol. The van der Waals surface area contributed by atoms with E-state index in [0.717, 1.165) is 25.8 Å². The van der Waals surface area contributed by atoms with Gasteiger partial charge in [0.1, 0.15) is 0 Å². The Hall–Kier alpha value is -3.61. The second-order valence-electron chi connectivity index (χ2n) is 10.7. The summed E-state index contributed by atoms with van der Waals surface area (Å²) < 4.78 is 1.43. The van der Waals surface area contributed by atoms with Crippen LogP contribution in [-0.2, 0) is 5.41 Å². The molecule has 185 valence electrons. The number of rotatable bonds is 1. The van der Waals surface area contributed by atoms with E-state index in [9.17, 15) is 0 Å². The van der Waals surface area contributed by atoms with Gasteiger partial charge in [0.25, 0.3) is 0 Å². The molecule has 0 bridgehead atoms. The molecule has 0 aromatic heterocycles. The fraction of sp³-hybridized carbons (Fsp3) is 0.0270. The molecule has 3 aliphatic rings. The van der Waals surface area contributed by atoms with Crippen molar-refractivity contribution in [3.8, 4) is 22.3 Å². The summed E-state index contributed by atoms with van der Waals surface area (Å²) in [5.41, 5.74) is 14.4. The zero-order valence-electron chi connectivity index (χ0n) is 21.6.